The summed E-state index contributed by atoms with van der Waals surface area (Å²) < 4.78 is 11.2. The molecule has 1 aromatic heterocycles. The predicted molar refractivity (Wildman–Crippen MR) is 85.0 cm³/mol. The number of ether oxygens (including phenoxy) is 2. The summed E-state index contributed by atoms with van der Waals surface area (Å²) in [5.74, 6) is 1.62. The predicted octanol–water partition coefficient (Wildman–Crippen LogP) is 3.19. The van der Waals surface area contributed by atoms with Crippen LogP contribution in [0.3, 0.4) is 0 Å². The van der Waals surface area contributed by atoms with Crippen LogP contribution < -0.4 is 15.0 Å². The molecule has 22 heavy (non-hydrogen) atoms. The molecule has 114 valence electrons. The van der Waals surface area contributed by atoms with Crippen molar-refractivity contribution < 1.29 is 9.47 Å². The van der Waals surface area contributed by atoms with Crippen LogP contribution in [0.4, 0.5) is 0 Å². The molecule has 0 amide bonds. The van der Waals surface area contributed by atoms with Gasteiger partial charge in [-0.3, -0.25) is 9.89 Å². The van der Waals surface area contributed by atoms with Gasteiger partial charge in [0.15, 0.2) is 0 Å². The van der Waals surface area contributed by atoms with Crippen LogP contribution in [0.2, 0.25) is 0 Å². The third kappa shape index (κ3) is 5.58. The fraction of sp³-hybridized carbons (Fsp3) is 0.118. The number of aromatic amines is 2. The van der Waals surface area contributed by atoms with Crippen molar-refractivity contribution in [1.82, 2.24) is 10.2 Å². The van der Waals surface area contributed by atoms with Gasteiger partial charge < -0.3 is 14.6 Å². The number of H-pyrrole nitrogens is 2. The summed E-state index contributed by atoms with van der Waals surface area (Å²) in [4.78, 5) is 9.98. The molecule has 0 saturated heterocycles. The molecule has 1 heterocycles. The maximum absolute atomic E-state index is 9.98. The molecule has 3 aromatic rings. The van der Waals surface area contributed by atoms with Gasteiger partial charge in [-0.05, 0) is 24.3 Å². The van der Waals surface area contributed by atoms with Gasteiger partial charge in [-0.2, -0.15) is 0 Å². The third-order valence-electron chi connectivity index (χ3n) is 2.60. The second-order valence-electron chi connectivity index (χ2n) is 4.40. The maximum atomic E-state index is 9.98. The lowest BCUT2D eigenvalue weighted by atomic mass is 10.3. The average Bonchev–Trinajstić information content (AvgIpc) is 3.01. The van der Waals surface area contributed by atoms with Gasteiger partial charge in [-0.1, -0.05) is 36.4 Å². The largest absolute Gasteiger partial charge is 0.455 e. The molecule has 0 radical (unpaired) electrons. The normalized spacial score (nSPS) is 9.73. The summed E-state index contributed by atoms with van der Waals surface area (Å²) in [5.41, 5.74) is -0.0880. The smallest absolute Gasteiger partial charge is 0.263 e. The standard InChI is InChI=1S/C14H14O2.C3H4N2O/c1-12(15-13-8-4-2-5-9-13)16-14-10-6-3-7-11-14;6-3-1-2-4-5-3/h2-12H,1H3;1-2H,(H2,4,5,6). The van der Waals surface area contributed by atoms with Crippen molar-refractivity contribution in [3.05, 3.63) is 83.3 Å². The summed E-state index contributed by atoms with van der Waals surface area (Å²) in [6, 6.07) is 20.7. The summed E-state index contributed by atoms with van der Waals surface area (Å²) in [7, 11) is 0. The Kier molecular flexibility index (Phi) is 5.87. The highest BCUT2D eigenvalue weighted by Crippen LogP contribution is 2.15. The number of aromatic nitrogens is 2. The van der Waals surface area contributed by atoms with Crippen LogP contribution in [0.25, 0.3) is 0 Å². The minimum absolute atomic E-state index is 0.0880. The minimum atomic E-state index is -0.301. The highest BCUT2D eigenvalue weighted by Gasteiger charge is 2.04. The molecule has 0 bridgehead atoms. The summed E-state index contributed by atoms with van der Waals surface area (Å²) in [5, 5.41) is 4.81. The van der Waals surface area contributed by atoms with E-state index in [1.165, 1.54) is 6.07 Å². The van der Waals surface area contributed by atoms with Crippen LogP contribution in [-0.2, 0) is 0 Å². The van der Waals surface area contributed by atoms with Gasteiger partial charge in [-0.15, -0.1) is 0 Å². The molecule has 0 aliphatic heterocycles. The Bertz CT molecular complexity index is 634. The molecule has 0 aliphatic carbocycles. The lowest BCUT2D eigenvalue weighted by Crippen LogP contribution is -2.19. The van der Waals surface area contributed by atoms with Gasteiger partial charge in [0.25, 0.3) is 5.56 Å². The lowest BCUT2D eigenvalue weighted by Gasteiger charge is -2.16. The Morgan fingerprint density at radius 2 is 1.32 bits per heavy atom. The zero-order valence-corrected chi connectivity index (χ0v) is 12.2. The van der Waals surface area contributed by atoms with Crippen LogP contribution in [0.15, 0.2) is 77.7 Å². The molecule has 2 N–H and O–H groups in total. The topological polar surface area (TPSA) is 67.1 Å². The molecule has 0 unspecified atom stereocenters. The second kappa shape index (κ2) is 8.36. The van der Waals surface area contributed by atoms with Crippen molar-refractivity contribution in [2.75, 3.05) is 0 Å². The number of benzene rings is 2. The second-order valence-corrected chi connectivity index (χ2v) is 4.40. The molecule has 5 nitrogen and oxygen atoms in total. The Balaban J connectivity index is 0.000000246. The highest BCUT2D eigenvalue weighted by atomic mass is 16.7. The molecular formula is C17H18N2O3. The first-order valence-corrected chi connectivity index (χ1v) is 6.89. The van der Waals surface area contributed by atoms with Crippen molar-refractivity contribution in [2.24, 2.45) is 0 Å². The Labute approximate surface area is 128 Å². The van der Waals surface area contributed by atoms with E-state index in [0.717, 1.165) is 11.5 Å². The number of hydrogen-bond acceptors (Lipinski definition) is 3. The van der Waals surface area contributed by atoms with Crippen molar-refractivity contribution in [3.8, 4) is 11.5 Å². The van der Waals surface area contributed by atoms with E-state index in [1.807, 2.05) is 67.6 Å². The Morgan fingerprint density at radius 3 is 1.64 bits per heavy atom. The van der Waals surface area contributed by atoms with Crippen LogP contribution in [0, 0.1) is 0 Å². The monoisotopic (exact) mass is 298 g/mol. The zero-order chi connectivity index (χ0) is 15.6. The Hall–Kier alpha value is -2.95. The third-order valence-corrected chi connectivity index (χ3v) is 2.60. The fourth-order valence-corrected chi connectivity index (χ4v) is 1.68. The number of hydrogen-bond donors (Lipinski definition) is 2. The summed E-state index contributed by atoms with van der Waals surface area (Å²) >= 11 is 0. The lowest BCUT2D eigenvalue weighted by molar-refractivity contribution is 0.0223. The summed E-state index contributed by atoms with van der Waals surface area (Å²) in [6.45, 7) is 1.88. The number of rotatable bonds is 4. The van der Waals surface area contributed by atoms with E-state index in [2.05, 4.69) is 10.2 Å². The van der Waals surface area contributed by atoms with Gasteiger partial charge in [0.2, 0.25) is 6.29 Å². The maximum Gasteiger partial charge on any atom is 0.263 e. The Morgan fingerprint density at radius 1 is 0.818 bits per heavy atom. The van der Waals surface area contributed by atoms with Crippen molar-refractivity contribution >= 4 is 0 Å². The van der Waals surface area contributed by atoms with Crippen molar-refractivity contribution in [3.63, 3.8) is 0 Å². The molecule has 0 fully saturated rings. The molecule has 2 aromatic carbocycles. The molecule has 0 aliphatic rings. The van der Waals surface area contributed by atoms with Crippen LogP contribution in [0.1, 0.15) is 6.92 Å². The molecule has 3 rings (SSSR count). The van der Waals surface area contributed by atoms with E-state index >= 15 is 0 Å². The molecule has 0 spiro atoms. The minimum Gasteiger partial charge on any atom is -0.455 e. The molecule has 0 saturated carbocycles. The van der Waals surface area contributed by atoms with E-state index in [9.17, 15) is 4.79 Å². The van der Waals surface area contributed by atoms with E-state index in [-0.39, 0.29) is 11.8 Å². The fourth-order valence-electron chi connectivity index (χ4n) is 1.68. The first-order valence-electron chi connectivity index (χ1n) is 6.89. The van der Waals surface area contributed by atoms with Crippen LogP contribution in [0.5, 0.6) is 11.5 Å². The molecule has 0 atom stereocenters. The van der Waals surface area contributed by atoms with Crippen LogP contribution >= 0.6 is 0 Å². The average molecular weight is 298 g/mol. The van der Waals surface area contributed by atoms with Gasteiger partial charge in [0, 0.05) is 19.2 Å². The number of para-hydroxylation sites is 2. The van der Waals surface area contributed by atoms with E-state index in [4.69, 9.17) is 9.47 Å². The van der Waals surface area contributed by atoms with Gasteiger partial charge in [0.1, 0.15) is 11.5 Å². The molecule has 5 heteroatoms. The van der Waals surface area contributed by atoms with Crippen LogP contribution in [-0.4, -0.2) is 16.5 Å². The first-order chi connectivity index (χ1) is 10.7. The highest BCUT2D eigenvalue weighted by molar-refractivity contribution is 5.23. The molecular weight excluding hydrogens is 280 g/mol. The SMILES string of the molecule is CC(Oc1ccccc1)Oc1ccccc1.O=c1cc[nH][nH]1. The van der Waals surface area contributed by atoms with Crippen molar-refractivity contribution in [2.45, 2.75) is 13.2 Å². The summed E-state index contributed by atoms with van der Waals surface area (Å²) in [6.07, 6.45) is 1.24. The van der Waals surface area contributed by atoms with E-state index in [1.54, 1.807) is 6.20 Å². The van der Waals surface area contributed by atoms with Gasteiger partial charge >= 0.3 is 0 Å². The van der Waals surface area contributed by atoms with Crippen molar-refractivity contribution in [1.29, 1.82) is 0 Å². The van der Waals surface area contributed by atoms with Gasteiger partial charge in [0.05, 0.1) is 0 Å². The van der Waals surface area contributed by atoms with E-state index in [0.29, 0.717) is 0 Å². The number of nitrogens with one attached hydrogen (secondary N) is 2. The van der Waals surface area contributed by atoms with Gasteiger partial charge in [-0.25, -0.2) is 0 Å². The first kappa shape index (κ1) is 15.4. The zero-order valence-electron chi connectivity index (χ0n) is 12.2. The van der Waals surface area contributed by atoms with E-state index < -0.39 is 0 Å². The quantitative estimate of drug-likeness (QED) is 0.727.